The molecule has 0 saturated heterocycles. The lowest BCUT2D eigenvalue weighted by molar-refractivity contribution is -0.122. The minimum atomic E-state index is -0.298. The maximum Gasteiger partial charge on any atom is 0.244 e. The lowest BCUT2D eigenvalue weighted by Crippen LogP contribution is -2.25. The van der Waals surface area contributed by atoms with E-state index in [1.54, 1.807) is 6.21 Å². The Hall–Kier alpha value is -4.44. The third-order valence-electron chi connectivity index (χ3n) is 7.25. The molecular formula is C32H27N3O. The third-order valence-corrected chi connectivity index (χ3v) is 7.25. The fourth-order valence-corrected chi connectivity index (χ4v) is 5.39. The van der Waals surface area contributed by atoms with Crippen molar-refractivity contribution in [1.82, 2.24) is 9.99 Å². The molecule has 1 saturated carbocycles. The zero-order valence-corrected chi connectivity index (χ0v) is 19.9. The van der Waals surface area contributed by atoms with Crippen LogP contribution in [0.3, 0.4) is 0 Å². The lowest BCUT2D eigenvalue weighted by atomic mass is 9.85. The number of aromatic nitrogens is 1. The largest absolute Gasteiger partial charge is 0.342 e. The van der Waals surface area contributed by atoms with Gasteiger partial charge in [0.25, 0.3) is 0 Å². The van der Waals surface area contributed by atoms with E-state index in [1.165, 1.54) is 16.7 Å². The molecule has 0 aliphatic heterocycles. The van der Waals surface area contributed by atoms with Gasteiger partial charge in [0.2, 0.25) is 5.91 Å². The maximum atomic E-state index is 13.2. The molecule has 5 aromatic rings. The first kappa shape index (κ1) is 22.1. The summed E-state index contributed by atoms with van der Waals surface area (Å²) in [4.78, 5) is 13.2. The van der Waals surface area contributed by atoms with Crippen LogP contribution < -0.4 is 5.43 Å². The normalized spacial score (nSPS) is 16.3. The number of hydrogen-bond acceptors (Lipinski definition) is 2. The van der Waals surface area contributed by atoms with Gasteiger partial charge in [-0.2, -0.15) is 5.10 Å². The predicted molar refractivity (Wildman–Crippen MR) is 145 cm³/mol. The Morgan fingerprint density at radius 2 is 1.42 bits per heavy atom. The van der Waals surface area contributed by atoms with E-state index in [-0.39, 0.29) is 17.2 Å². The first-order valence-corrected chi connectivity index (χ1v) is 12.3. The van der Waals surface area contributed by atoms with Gasteiger partial charge in [-0.05, 0) is 29.2 Å². The zero-order chi connectivity index (χ0) is 24.4. The SMILES string of the molecule is O=C(NN=Cc1cn(Cc2ccccc2)c2ccccc12)C1CC1(c1ccccc1)c1ccccc1. The van der Waals surface area contributed by atoms with E-state index in [4.69, 9.17) is 0 Å². The molecule has 36 heavy (non-hydrogen) atoms. The highest BCUT2D eigenvalue weighted by atomic mass is 16.2. The predicted octanol–water partition coefficient (Wildman–Crippen LogP) is 6.15. The van der Waals surface area contributed by atoms with Crippen LogP contribution in [0.1, 0.15) is 28.7 Å². The molecular weight excluding hydrogens is 442 g/mol. The average molecular weight is 470 g/mol. The molecule has 1 aliphatic rings. The summed E-state index contributed by atoms with van der Waals surface area (Å²) >= 11 is 0. The van der Waals surface area contributed by atoms with E-state index < -0.39 is 0 Å². The first-order chi connectivity index (χ1) is 17.8. The van der Waals surface area contributed by atoms with Crippen molar-refractivity contribution in [3.05, 3.63) is 144 Å². The molecule has 1 aliphatic carbocycles. The number of amides is 1. The minimum absolute atomic E-state index is 0.0491. The van der Waals surface area contributed by atoms with Crippen LogP contribution in [0.15, 0.2) is 127 Å². The Morgan fingerprint density at radius 3 is 2.08 bits per heavy atom. The fraction of sp³-hybridized carbons (Fsp3) is 0.125. The van der Waals surface area contributed by atoms with Gasteiger partial charge in [0.05, 0.1) is 12.1 Å². The minimum Gasteiger partial charge on any atom is -0.342 e. The number of hydrogen-bond donors (Lipinski definition) is 1. The summed E-state index contributed by atoms with van der Waals surface area (Å²) in [6.07, 6.45) is 4.64. The van der Waals surface area contributed by atoms with Gasteiger partial charge in [0, 0.05) is 34.6 Å². The Morgan fingerprint density at radius 1 is 0.833 bits per heavy atom. The van der Waals surface area contributed by atoms with Gasteiger partial charge in [-0.25, -0.2) is 5.43 Å². The van der Waals surface area contributed by atoms with Crippen LogP contribution in [0, 0.1) is 5.92 Å². The number of carbonyl (C=O) groups is 1. The molecule has 1 heterocycles. The molecule has 4 aromatic carbocycles. The summed E-state index contributed by atoms with van der Waals surface area (Å²) < 4.78 is 2.23. The van der Waals surface area contributed by atoms with Crippen LogP contribution in [0.5, 0.6) is 0 Å². The van der Waals surface area contributed by atoms with E-state index in [2.05, 4.69) is 82.0 Å². The molecule has 1 amide bonds. The molecule has 176 valence electrons. The van der Waals surface area contributed by atoms with E-state index >= 15 is 0 Å². The van der Waals surface area contributed by atoms with Gasteiger partial charge >= 0.3 is 0 Å². The highest BCUT2D eigenvalue weighted by molar-refractivity contribution is 6.00. The number of rotatable bonds is 7. The number of benzene rings is 4. The van der Waals surface area contributed by atoms with Crippen LogP contribution in [-0.2, 0) is 16.8 Å². The zero-order valence-electron chi connectivity index (χ0n) is 19.9. The van der Waals surface area contributed by atoms with Crippen molar-refractivity contribution in [3.8, 4) is 0 Å². The number of nitrogens with zero attached hydrogens (tertiary/aromatic N) is 2. The van der Waals surface area contributed by atoms with Crippen LogP contribution in [0.2, 0.25) is 0 Å². The van der Waals surface area contributed by atoms with Crippen molar-refractivity contribution in [2.24, 2.45) is 11.0 Å². The van der Waals surface area contributed by atoms with Gasteiger partial charge in [0.15, 0.2) is 0 Å². The third kappa shape index (κ3) is 4.01. The second-order valence-corrected chi connectivity index (χ2v) is 9.41. The van der Waals surface area contributed by atoms with Crippen LogP contribution in [0.25, 0.3) is 10.9 Å². The molecule has 0 bridgehead atoms. The highest BCUT2D eigenvalue weighted by Crippen LogP contribution is 2.58. The molecule has 4 nitrogen and oxygen atoms in total. The summed E-state index contributed by atoms with van der Waals surface area (Å²) in [5.74, 6) is -0.203. The van der Waals surface area contributed by atoms with Crippen molar-refractivity contribution in [1.29, 1.82) is 0 Å². The molecule has 4 heteroatoms. The van der Waals surface area contributed by atoms with Crippen molar-refractivity contribution < 1.29 is 4.79 Å². The fourth-order valence-electron chi connectivity index (χ4n) is 5.39. The number of carbonyl (C=O) groups excluding carboxylic acids is 1. The number of hydrazone groups is 1. The molecule has 6 rings (SSSR count). The Balaban J connectivity index is 1.23. The number of para-hydroxylation sites is 1. The van der Waals surface area contributed by atoms with E-state index in [9.17, 15) is 4.79 Å². The van der Waals surface area contributed by atoms with Crippen molar-refractivity contribution >= 4 is 23.0 Å². The Kier molecular flexibility index (Phi) is 5.70. The van der Waals surface area contributed by atoms with Crippen molar-refractivity contribution in [3.63, 3.8) is 0 Å². The van der Waals surface area contributed by atoms with Crippen LogP contribution >= 0.6 is 0 Å². The second kappa shape index (κ2) is 9.31. The molecule has 1 fully saturated rings. The van der Waals surface area contributed by atoms with Gasteiger partial charge in [-0.15, -0.1) is 0 Å². The monoisotopic (exact) mass is 469 g/mol. The van der Waals surface area contributed by atoms with E-state index in [0.29, 0.717) is 0 Å². The summed E-state index contributed by atoms with van der Waals surface area (Å²) in [7, 11) is 0. The standard InChI is InChI=1S/C32H27N3O/c36-31(29-20-32(29,26-14-6-2-7-15-26)27-16-8-3-9-17-27)34-33-21-25-23-35(22-24-12-4-1-5-13-24)30-19-11-10-18-28(25)30/h1-19,21,23,29H,20,22H2,(H,34,36). The smallest absolute Gasteiger partial charge is 0.244 e. The lowest BCUT2D eigenvalue weighted by Gasteiger charge is -2.18. The Labute approximate surface area is 210 Å². The van der Waals surface area contributed by atoms with Crippen molar-refractivity contribution in [2.75, 3.05) is 0 Å². The molecule has 1 unspecified atom stereocenters. The number of nitrogens with one attached hydrogen (secondary N) is 1. The summed E-state index contributed by atoms with van der Waals surface area (Å²) in [6.45, 7) is 0.778. The summed E-state index contributed by atoms with van der Waals surface area (Å²) in [6, 6.07) is 39.3. The molecule has 0 spiro atoms. The Bertz CT molecular complexity index is 1480. The molecule has 1 aromatic heterocycles. The van der Waals surface area contributed by atoms with Gasteiger partial charge < -0.3 is 4.57 Å². The highest BCUT2D eigenvalue weighted by Gasteiger charge is 2.60. The second-order valence-electron chi connectivity index (χ2n) is 9.41. The maximum absolute atomic E-state index is 13.2. The first-order valence-electron chi connectivity index (χ1n) is 12.3. The van der Waals surface area contributed by atoms with Gasteiger partial charge in [0.1, 0.15) is 0 Å². The van der Waals surface area contributed by atoms with E-state index in [1.807, 2.05) is 54.6 Å². The molecule has 1 N–H and O–H groups in total. The van der Waals surface area contributed by atoms with E-state index in [0.717, 1.165) is 29.4 Å². The topological polar surface area (TPSA) is 46.4 Å². The van der Waals surface area contributed by atoms with Crippen molar-refractivity contribution in [2.45, 2.75) is 18.4 Å². The van der Waals surface area contributed by atoms with Crippen LogP contribution in [0.4, 0.5) is 0 Å². The van der Waals surface area contributed by atoms with Gasteiger partial charge in [-0.3, -0.25) is 4.79 Å². The molecule has 0 radical (unpaired) electrons. The summed E-state index contributed by atoms with van der Waals surface area (Å²) in [5.41, 5.74) is 8.24. The quantitative estimate of drug-likeness (QED) is 0.226. The molecule has 1 atom stereocenters. The summed E-state index contributed by atoms with van der Waals surface area (Å²) in [5, 5.41) is 5.50. The van der Waals surface area contributed by atoms with Gasteiger partial charge in [-0.1, -0.05) is 109 Å². The van der Waals surface area contributed by atoms with Crippen LogP contribution in [-0.4, -0.2) is 16.7 Å². The number of fused-ring (bicyclic) bond motifs is 1. The average Bonchev–Trinajstić information content (AvgIpc) is 3.62.